The predicted octanol–water partition coefficient (Wildman–Crippen LogP) is 4.29. The van der Waals surface area contributed by atoms with E-state index in [-0.39, 0.29) is 12.1 Å². The smallest absolute Gasteiger partial charge is 0.115 e. The molecule has 21 heavy (non-hydrogen) atoms. The zero-order valence-electron chi connectivity index (χ0n) is 11.4. The fraction of sp³-hybridized carbons (Fsp3) is 0.294. The summed E-state index contributed by atoms with van der Waals surface area (Å²) in [6.45, 7) is 0.762. The lowest BCUT2D eigenvalue weighted by atomic mass is 9.81. The van der Waals surface area contributed by atoms with E-state index in [0.29, 0.717) is 11.7 Å². The minimum absolute atomic E-state index is 0.0762. The minimum Gasteiger partial charge on any atom is -0.508 e. The van der Waals surface area contributed by atoms with Gasteiger partial charge >= 0.3 is 0 Å². The van der Waals surface area contributed by atoms with Gasteiger partial charge < -0.3 is 15.2 Å². The van der Waals surface area contributed by atoms with Crippen molar-refractivity contribution in [2.24, 2.45) is 5.92 Å². The Hall–Kier alpha value is -1.71. The molecule has 0 aliphatic carbocycles. The van der Waals surface area contributed by atoms with Crippen LogP contribution in [0.1, 0.15) is 29.7 Å². The zero-order valence-corrected chi connectivity index (χ0v) is 12.2. The normalized spacial score (nSPS) is 26.8. The molecule has 0 radical (unpaired) electrons. The third-order valence-electron chi connectivity index (χ3n) is 4.43. The van der Waals surface area contributed by atoms with Crippen molar-refractivity contribution in [1.29, 1.82) is 0 Å². The Morgan fingerprint density at radius 2 is 2.10 bits per heavy atom. The number of phenolic OH excluding ortho intramolecular Hbond substituents is 1. The quantitative estimate of drug-likeness (QED) is 0.825. The maximum Gasteiger partial charge on any atom is 0.115 e. The maximum atomic E-state index is 9.74. The van der Waals surface area contributed by atoms with Gasteiger partial charge in [0, 0.05) is 28.8 Å². The first kappa shape index (κ1) is 13.0. The summed E-state index contributed by atoms with van der Waals surface area (Å²) in [5.41, 5.74) is 3.30. The summed E-state index contributed by atoms with van der Waals surface area (Å²) in [5.74, 6) is 0.657. The lowest BCUT2D eigenvalue weighted by Crippen LogP contribution is -2.29. The van der Waals surface area contributed by atoms with Gasteiger partial charge in [-0.25, -0.2) is 0 Å². The molecule has 1 fully saturated rings. The van der Waals surface area contributed by atoms with Crippen molar-refractivity contribution in [3.63, 3.8) is 0 Å². The molecule has 2 aromatic rings. The molecule has 0 aromatic heterocycles. The molecule has 4 heteroatoms. The van der Waals surface area contributed by atoms with Gasteiger partial charge in [0.1, 0.15) is 5.75 Å². The van der Waals surface area contributed by atoms with Crippen LogP contribution < -0.4 is 5.32 Å². The van der Waals surface area contributed by atoms with Crippen LogP contribution in [-0.2, 0) is 4.74 Å². The van der Waals surface area contributed by atoms with Crippen LogP contribution in [0.3, 0.4) is 0 Å². The monoisotopic (exact) mass is 301 g/mol. The number of phenols is 1. The van der Waals surface area contributed by atoms with Gasteiger partial charge in [0.15, 0.2) is 0 Å². The second-order valence-corrected chi connectivity index (χ2v) is 6.13. The van der Waals surface area contributed by atoms with Gasteiger partial charge in [-0.05, 0) is 42.3 Å². The van der Waals surface area contributed by atoms with Gasteiger partial charge in [-0.2, -0.15) is 0 Å². The second-order valence-electron chi connectivity index (χ2n) is 5.69. The summed E-state index contributed by atoms with van der Waals surface area (Å²) < 4.78 is 5.96. The molecule has 2 aromatic carbocycles. The van der Waals surface area contributed by atoms with Gasteiger partial charge in [0.25, 0.3) is 0 Å². The summed E-state index contributed by atoms with van der Waals surface area (Å²) in [4.78, 5) is 0. The van der Waals surface area contributed by atoms with E-state index in [1.807, 2.05) is 36.4 Å². The molecule has 2 aliphatic rings. The van der Waals surface area contributed by atoms with Crippen molar-refractivity contribution < 1.29 is 9.84 Å². The number of ether oxygens (including phenoxy) is 1. The molecule has 1 unspecified atom stereocenters. The third kappa shape index (κ3) is 2.17. The SMILES string of the molecule is Oc1cccc(C2Nc3ccc(Cl)cc3[C@H]3OCC[C@@H]23)c1. The highest BCUT2D eigenvalue weighted by Gasteiger charge is 2.41. The van der Waals surface area contributed by atoms with Crippen molar-refractivity contribution in [2.75, 3.05) is 11.9 Å². The number of aromatic hydroxyl groups is 1. The molecule has 0 amide bonds. The van der Waals surface area contributed by atoms with Crippen LogP contribution in [-0.4, -0.2) is 11.7 Å². The molecule has 0 bridgehead atoms. The van der Waals surface area contributed by atoms with E-state index in [1.54, 1.807) is 6.07 Å². The largest absolute Gasteiger partial charge is 0.508 e. The van der Waals surface area contributed by atoms with Crippen LogP contribution in [0.15, 0.2) is 42.5 Å². The topological polar surface area (TPSA) is 41.5 Å². The van der Waals surface area contributed by atoms with E-state index in [0.717, 1.165) is 34.9 Å². The Balaban J connectivity index is 1.79. The molecule has 0 saturated carbocycles. The highest BCUT2D eigenvalue weighted by molar-refractivity contribution is 6.30. The fourth-order valence-corrected chi connectivity index (χ4v) is 3.67. The number of nitrogens with one attached hydrogen (secondary N) is 1. The minimum atomic E-state index is 0.0762. The van der Waals surface area contributed by atoms with E-state index in [4.69, 9.17) is 16.3 Å². The molecule has 3 nitrogen and oxygen atoms in total. The van der Waals surface area contributed by atoms with E-state index in [2.05, 4.69) is 5.32 Å². The number of anilines is 1. The predicted molar refractivity (Wildman–Crippen MR) is 82.7 cm³/mol. The molecule has 108 valence electrons. The molecule has 0 spiro atoms. The van der Waals surface area contributed by atoms with Crippen molar-refractivity contribution in [1.82, 2.24) is 0 Å². The van der Waals surface area contributed by atoms with Crippen molar-refractivity contribution in [3.8, 4) is 5.75 Å². The molecular formula is C17H16ClNO2. The van der Waals surface area contributed by atoms with Crippen LogP contribution in [0.4, 0.5) is 5.69 Å². The summed E-state index contributed by atoms with van der Waals surface area (Å²) in [6.07, 6.45) is 1.08. The first-order valence-corrected chi connectivity index (χ1v) is 7.57. The Morgan fingerprint density at radius 3 is 2.95 bits per heavy atom. The maximum absolute atomic E-state index is 9.74. The molecule has 4 rings (SSSR count). The number of hydrogen-bond donors (Lipinski definition) is 2. The lowest BCUT2D eigenvalue weighted by molar-refractivity contribution is 0.0829. The Morgan fingerprint density at radius 1 is 1.19 bits per heavy atom. The Bertz CT molecular complexity index is 688. The number of hydrogen-bond acceptors (Lipinski definition) is 3. The molecule has 2 heterocycles. The summed E-state index contributed by atoms with van der Waals surface area (Å²) in [5, 5.41) is 14.1. The first-order valence-electron chi connectivity index (χ1n) is 7.19. The van der Waals surface area contributed by atoms with Gasteiger partial charge in [-0.15, -0.1) is 0 Å². The van der Waals surface area contributed by atoms with E-state index >= 15 is 0 Å². The Kier molecular flexibility index (Phi) is 3.05. The summed E-state index contributed by atoms with van der Waals surface area (Å²) in [6, 6.07) is 13.5. The summed E-state index contributed by atoms with van der Waals surface area (Å²) in [7, 11) is 0. The average molecular weight is 302 g/mol. The highest BCUT2D eigenvalue weighted by Crippen LogP contribution is 2.50. The highest BCUT2D eigenvalue weighted by atomic mass is 35.5. The average Bonchev–Trinajstić information content (AvgIpc) is 2.96. The van der Waals surface area contributed by atoms with Crippen LogP contribution >= 0.6 is 11.6 Å². The molecular weight excluding hydrogens is 286 g/mol. The number of benzene rings is 2. The van der Waals surface area contributed by atoms with E-state index in [1.165, 1.54) is 0 Å². The Labute approximate surface area is 128 Å². The zero-order chi connectivity index (χ0) is 14.4. The molecule has 2 aliphatic heterocycles. The van der Waals surface area contributed by atoms with Crippen LogP contribution in [0.5, 0.6) is 5.75 Å². The van der Waals surface area contributed by atoms with Crippen LogP contribution in [0.2, 0.25) is 5.02 Å². The van der Waals surface area contributed by atoms with Crippen LogP contribution in [0.25, 0.3) is 0 Å². The van der Waals surface area contributed by atoms with Crippen molar-refractivity contribution in [2.45, 2.75) is 18.6 Å². The number of fused-ring (bicyclic) bond motifs is 3. The standard InChI is InChI=1S/C17H16ClNO2/c18-11-4-5-15-14(9-11)17-13(6-7-21-17)16(19-15)10-2-1-3-12(20)8-10/h1-5,8-9,13,16-17,19-20H,6-7H2/t13-,16?,17-/m0/s1. The van der Waals surface area contributed by atoms with Gasteiger partial charge in [-0.3, -0.25) is 0 Å². The number of rotatable bonds is 1. The lowest BCUT2D eigenvalue weighted by Gasteiger charge is -2.36. The molecule has 2 N–H and O–H groups in total. The molecule has 1 saturated heterocycles. The molecule has 3 atom stereocenters. The van der Waals surface area contributed by atoms with Crippen molar-refractivity contribution >= 4 is 17.3 Å². The summed E-state index contributed by atoms with van der Waals surface area (Å²) >= 11 is 6.12. The van der Waals surface area contributed by atoms with Gasteiger partial charge in [-0.1, -0.05) is 23.7 Å². The van der Waals surface area contributed by atoms with E-state index in [9.17, 15) is 5.11 Å². The third-order valence-corrected chi connectivity index (χ3v) is 4.66. The van der Waals surface area contributed by atoms with E-state index < -0.39 is 0 Å². The van der Waals surface area contributed by atoms with Crippen LogP contribution in [0, 0.1) is 5.92 Å². The first-order chi connectivity index (χ1) is 10.2. The number of halogens is 1. The van der Waals surface area contributed by atoms with Gasteiger partial charge in [0.05, 0.1) is 12.1 Å². The van der Waals surface area contributed by atoms with Gasteiger partial charge in [0.2, 0.25) is 0 Å². The second kappa shape index (κ2) is 4.93. The van der Waals surface area contributed by atoms with Crippen molar-refractivity contribution in [3.05, 3.63) is 58.6 Å². The fourth-order valence-electron chi connectivity index (χ4n) is 3.49.